The third-order valence-corrected chi connectivity index (χ3v) is 2.26. The van der Waals surface area contributed by atoms with Gasteiger partial charge in [-0.2, -0.15) is 9.78 Å². The number of aromatic nitrogens is 2. The second-order valence-electron chi connectivity index (χ2n) is 3.40. The first kappa shape index (κ1) is 11.9. The van der Waals surface area contributed by atoms with Crippen LogP contribution in [-0.2, 0) is 0 Å². The second kappa shape index (κ2) is 4.36. The molecular weight excluding hydrogens is 244 g/mol. The van der Waals surface area contributed by atoms with Gasteiger partial charge in [0, 0.05) is 6.20 Å². The van der Waals surface area contributed by atoms with Crippen LogP contribution in [0.4, 0.5) is 8.78 Å². The number of nitrogens with two attached hydrogens (primary N) is 1. The molecule has 92 valence electrons. The molecule has 18 heavy (non-hydrogen) atoms. The molecular formula is C11H7F2N3O2. The average molecular weight is 251 g/mol. The number of amides is 1. The fourth-order valence-electron chi connectivity index (χ4n) is 1.45. The van der Waals surface area contributed by atoms with Crippen molar-refractivity contribution < 1.29 is 13.6 Å². The van der Waals surface area contributed by atoms with Gasteiger partial charge in [-0.3, -0.25) is 9.59 Å². The summed E-state index contributed by atoms with van der Waals surface area (Å²) in [6.45, 7) is 0. The first-order valence-corrected chi connectivity index (χ1v) is 4.85. The highest BCUT2D eigenvalue weighted by Gasteiger charge is 2.16. The van der Waals surface area contributed by atoms with E-state index in [1.807, 2.05) is 0 Å². The van der Waals surface area contributed by atoms with Crippen LogP contribution in [0.3, 0.4) is 0 Å². The maximum atomic E-state index is 13.5. The van der Waals surface area contributed by atoms with Crippen molar-refractivity contribution in [3.63, 3.8) is 0 Å². The summed E-state index contributed by atoms with van der Waals surface area (Å²) in [7, 11) is 0. The molecule has 5 nitrogen and oxygen atoms in total. The number of hydrogen-bond donors (Lipinski definition) is 1. The van der Waals surface area contributed by atoms with Crippen molar-refractivity contribution in [3.8, 4) is 5.69 Å². The van der Waals surface area contributed by atoms with Gasteiger partial charge in [0.05, 0.1) is 0 Å². The van der Waals surface area contributed by atoms with Crippen LogP contribution in [0.1, 0.15) is 10.4 Å². The van der Waals surface area contributed by atoms with Gasteiger partial charge in [-0.25, -0.2) is 8.78 Å². The Morgan fingerprint density at radius 2 is 1.83 bits per heavy atom. The first-order valence-electron chi connectivity index (χ1n) is 4.85. The molecule has 0 radical (unpaired) electrons. The number of primary amides is 1. The summed E-state index contributed by atoms with van der Waals surface area (Å²) in [5.41, 5.74) is 2.95. The number of hydrogen-bond acceptors (Lipinski definition) is 3. The molecule has 2 aromatic rings. The molecule has 0 saturated heterocycles. The molecule has 0 saturated carbocycles. The van der Waals surface area contributed by atoms with E-state index >= 15 is 0 Å². The molecule has 1 aromatic carbocycles. The van der Waals surface area contributed by atoms with Crippen LogP contribution in [0.25, 0.3) is 5.69 Å². The molecule has 1 heterocycles. The zero-order valence-corrected chi connectivity index (χ0v) is 8.93. The van der Waals surface area contributed by atoms with Gasteiger partial charge < -0.3 is 5.73 Å². The SMILES string of the molecule is NC(=O)c1ccnn(-c2c(F)cccc2F)c1=O. The maximum Gasteiger partial charge on any atom is 0.284 e. The minimum Gasteiger partial charge on any atom is -0.365 e. The van der Waals surface area contributed by atoms with Crippen LogP contribution < -0.4 is 11.3 Å². The fourth-order valence-corrected chi connectivity index (χ4v) is 1.45. The highest BCUT2D eigenvalue weighted by molar-refractivity contribution is 5.92. The Bertz CT molecular complexity index is 662. The summed E-state index contributed by atoms with van der Waals surface area (Å²) < 4.78 is 27.4. The normalized spacial score (nSPS) is 10.3. The van der Waals surface area contributed by atoms with E-state index in [1.54, 1.807) is 0 Å². The van der Waals surface area contributed by atoms with Gasteiger partial charge in [0.1, 0.15) is 11.3 Å². The molecule has 0 aliphatic rings. The summed E-state index contributed by atoms with van der Waals surface area (Å²) in [4.78, 5) is 22.8. The topological polar surface area (TPSA) is 78.0 Å². The number of nitrogens with zero attached hydrogens (tertiary/aromatic N) is 2. The van der Waals surface area contributed by atoms with Crippen molar-refractivity contribution in [2.45, 2.75) is 0 Å². The lowest BCUT2D eigenvalue weighted by Gasteiger charge is -2.07. The molecule has 0 fully saturated rings. The van der Waals surface area contributed by atoms with Crippen molar-refractivity contribution in [1.29, 1.82) is 0 Å². The van der Waals surface area contributed by atoms with Gasteiger partial charge in [-0.15, -0.1) is 0 Å². The zero-order chi connectivity index (χ0) is 13.3. The van der Waals surface area contributed by atoms with Gasteiger partial charge in [-0.1, -0.05) is 6.07 Å². The molecule has 0 unspecified atom stereocenters. The number of rotatable bonds is 2. The van der Waals surface area contributed by atoms with Gasteiger partial charge in [0.25, 0.3) is 11.5 Å². The summed E-state index contributed by atoms with van der Waals surface area (Å²) in [5, 5.41) is 3.53. The number of halogens is 2. The summed E-state index contributed by atoms with van der Waals surface area (Å²) in [5.74, 6) is -2.93. The van der Waals surface area contributed by atoms with Crippen LogP contribution in [0, 0.1) is 11.6 Å². The van der Waals surface area contributed by atoms with Gasteiger partial charge in [0.15, 0.2) is 11.6 Å². The predicted octanol–water partition coefficient (Wildman–Crippen LogP) is 0.610. The quantitative estimate of drug-likeness (QED) is 0.849. The van der Waals surface area contributed by atoms with Gasteiger partial charge in [0.2, 0.25) is 0 Å². The van der Waals surface area contributed by atoms with E-state index in [1.165, 1.54) is 0 Å². The number of para-hydroxylation sites is 1. The van der Waals surface area contributed by atoms with Crippen molar-refractivity contribution in [2.24, 2.45) is 5.73 Å². The van der Waals surface area contributed by atoms with Crippen molar-refractivity contribution >= 4 is 5.91 Å². The Balaban J connectivity index is 2.77. The van der Waals surface area contributed by atoms with Crippen molar-refractivity contribution in [3.05, 3.63) is 58.0 Å². The van der Waals surface area contributed by atoms with Crippen LogP contribution >= 0.6 is 0 Å². The molecule has 1 aromatic heterocycles. The number of carbonyl (C=O) groups is 1. The highest BCUT2D eigenvalue weighted by Crippen LogP contribution is 2.14. The van der Waals surface area contributed by atoms with Crippen LogP contribution in [0.15, 0.2) is 35.3 Å². The molecule has 0 aliphatic heterocycles. The van der Waals surface area contributed by atoms with Crippen LogP contribution in [0.2, 0.25) is 0 Å². The molecule has 0 atom stereocenters. The molecule has 0 aliphatic carbocycles. The lowest BCUT2D eigenvalue weighted by Crippen LogP contribution is -2.30. The fraction of sp³-hybridized carbons (Fsp3) is 0. The molecule has 0 spiro atoms. The predicted molar refractivity (Wildman–Crippen MR) is 58.3 cm³/mol. The summed E-state index contributed by atoms with van der Waals surface area (Å²) in [6.07, 6.45) is 1.06. The van der Waals surface area contributed by atoms with Crippen molar-refractivity contribution in [1.82, 2.24) is 9.78 Å². The molecule has 0 bridgehead atoms. The Labute approximate surface area is 99.5 Å². The number of benzene rings is 1. The first-order chi connectivity index (χ1) is 8.52. The van der Waals surface area contributed by atoms with E-state index in [-0.39, 0.29) is 0 Å². The maximum absolute atomic E-state index is 13.5. The Kier molecular flexibility index (Phi) is 2.88. The van der Waals surface area contributed by atoms with E-state index in [0.717, 1.165) is 30.5 Å². The average Bonchev–Trinajstić information content (AvgIpc) is 2.30. The smallest absolute Gasteiger partial charge is 0.284 e. The minimum absolute atomic E-state index is 0.396. The number of carbonyl (C=O) groups excluding carboxylic acids is 1. The van der Waals surface area contributed by atoms with E-state index < -0.39 is 34.4 Å². The Hall–Kier alpha value is -2.57. The third-order valence-electron chi connectivity index (χ3n) is 2.26. The largest absolute Gasteiger partial charge is 0.365 e. The van der Waals surface area contributed by atoms with E-state index in [2.05, 4.69) is 5.10 Å². The molecule has 2 N–H and O–H groups in total. The standard InChI is InChI=1S/C11H7F2N3O2/c12-7-2-1-3-8(13)9(7)16-11(18)6(10(14)17)4-5-15-16/h1-5H,(H2,14,17). The Morgan fingerprint density at radius 3 is 2.39 bits per heavy atom. The van der Waals surface area contributed by atoms with Gasteiger partial charge >= 0.3 is 0 Å². The Morgan fingerprint density at radius 1 is 1.22 bits per heavy atom. The van der Waals surface area contributed by atoms with E-state index in [9.17, 15) is 18.4 Å². The zero-order valence-electron chi connectivity index (χ0n) is 8.93. The lowest BCUT2D eigenvalue weighted by atomic mass is 10.2. The highest BCUT2D eigenvalue weighted by atomic mass is 19.1. The van der Waals surface area contributed by atoms with Crippen molar-refractivity contribution in [2.75, 3.05) is 0 Å². The monoisotopic (exact) mass is 251 g/mol. The molecule has 2 rings (SSSR count). The second-order valence-corrected chi connectivity index (χ2v) is 3.40. The molecule has 7 heteroatoms. The van der Waals surface area contributed by atoms with E-state index in [4.69, 9.17) is 5.73 Å². The van der Waals surface area contributed by atoms with Crippen LogP contribution in [-0.4, -0.2) is 15.7 Å². The van der Waals surface area contributed by atoms with Crippen LogP contribution in [0.5, 0.6) is 0 Å². The third kappa shape index (κ3) is 1.86. The summed E-state index contributed by atoms with van der Waals surface area (Å²) >= 11 is 0. The summed E-state index contributed by atoms with van der Waals surface area (Å²) in [6, 6.07) is 4.18. The van der Waals surface area contributed by atoms with E-state index in [0.29, 0.717) is 4.68 Å². The molecule has 1 amide bonds. The van der Waals surface area contributed by atoms with Gasteiger partial charge in [-0.05, 0) is 18.2 Å². The minimum atomic E-state index is -0.993. The lowest BCUT2D eigenvalue weighted by molar-refractivity contribution is 0.0998.